The number of hydrogen-bond donors (Lipinski definition) is 2. The van der Waals surface area contributed by atoms with Gasteiger partial charge in [-0.2, -0.15) is 23.3 Å². The second kappa shape index (κ2) is 7.53. The molecule has 1 aliphatic rings. The Balaban J connectivity index is 1.97. The molecule has 0 spiro atoms. The van der Waals surface area contributed by atoms with E-state index >= 15 is 0 Å². The zero-order valence-electron chi connectivity index (χ0n) is 16.6. The molecular formula is C18H23F3N6O2. The molecule has 1 unspecified atom stereocenters. The van der Waals surface area contributed by atoms with Crippen LogP contribution in [-0.4, -0.2) is 39.9 Å². The Morgan fingerprint density at radius 2 is 2.07 bits per heavy atom. The fraction of sp³-hybridized carbons (Fsp3) is 0.556. The number of alkyl halides is 3. The van der Waals surface area contributed by atoms with Crippen LogP contribution in [0.2, 0.25) is 0 Å². The minimum Gasteiger partial charge on any atom is -0.468 e. The average Bonchev–Trinajstić information content (AvgIpc) is 3.45. The number of ether oxygens (including phenoxy) is 1. The van der Waals surface area contributed by atoms with Crippen molar-refractivity contribution in [2.24, 2.45) is 0 Å². The minimum atomic E-state index is -4.57. The Morgan fingerprint density at radius 3 is 2.59 bits per heavy atom. The second-order valence-corrected chi connectivity index (χ2v) is 7.10. The van der Waals surface area contributed by atoms with Gasteiger partial charge in [0.2, 0.25) is 5.95 Å². The number of nitrogens with zero attached hydrogens (tertiary/aromatic N) is 4. The lowest BCUT2D eigenvalue weighted by atomic mass is 9.84. The highest BCUT2D eigenvalue weighted by atomic mass is 19.4. The highest BCUT2D eigenvalue weighted by Gasteiger charge is 2.39. The van der Waals surface area contributed by atoms with E-state index < -0.39 is 23.1 Å². The Labute approximate surface area is 165 Å². The molecule has 0 saturated heterocycles. The van der Waals surface area contributed by atoms with Crippen molar-refractivity contribution < 1.29 is 22.7 Å². The molecule has 1 saturated carbocycles. The molecule has 0 amide bonds. The number of esters is 1. The lowest BCUT2D eigenvalue weighted by Gasteiger charge is -2.22. The highest BCUT2D eigenvalue weighted by molar-refractivity contribution is 5.82. The van der Waals surface area contributed by atoms with E-state index in [2.05, 4.69) is 25.7 Å². The van der Waals surface area contributed by atoms with Crippen LogP contribution in [0.5, 0.6) is 0 Å². The molecule has 2 aromatic rings. The molecule has 0 radical (unpaired) electrons. The van der Waals surface area contributed by atoms with Crippen LogP contribution in [0.3, 0.4) is 0 Å². The predicted octanol–water partition coefficient (Wildman–Crippen LogP) is 3.65. The average molecular weight is 412 g/mol. The molecule has 0 aliphatic heterocycles. The van der Waals surface area contributed by atoms with Crippen LogP contribution in [0.25, 0.3) is 0 Å². The summed E-state index contributed by atoms with van der Waals surface area (Å²) < 4.78 is 45.8. The SMILES string of the molecule is CCC(C)(C(=O)OC)c1cc(Nc2ncc(C(F)(F)F)c(NC)n2)n(C2CC2)n1. The number of carbonyl (C=O) groups is 1. The monoisotopic (exact) mass is 412 g/mol. The number of rotatable bonds is 7. The summed E-state index contributed by atoms with van der Waals surface area (Å²) in [7, 11) is 2.68. The Morgan fingerprint density at radius 1 is 1.38 bits per heavy atom. The van der Waals surface area contributed by atoms with Gasteiger partial charge < -0.3 is 15.4 Å². The maximum Gasteiger partial charge on any atom is 0.421 e. The molecule has 3 rings (SSSR count). The fourth-order valence-electron chi connectivity index (χ4n) is 2.96. The van der Waals surface area contributed by atoms with Crippen molar-refractivity contribution in [3.8, 4) is 0 Å². The van der Waals surface area contributed by atoms with Crippen molar-refractivity contribution in [3.05, 3.63) is 23.5 Å². The van der Waals surface area contributed by atoms with E-state index in [0.717, 1.165) is 19.0 Å². The number of nitrogens with one attached hydrogen (secondary N) is 2. The van der Waals surface area contributed by atoms with Gasteiger partial charge >= 0.3 is 12.1 Å². The van der Waals surface area contributed by atoms with E-state index in [1.807, 2.05) is 6.92 Å². The van der Waals surface area contributed by atoms with Crippen molar-refractivity contribution in [1.29, 1.82) is 0 Å². The van der Waals surface area contributed by atoms with E-state index in [1.54, 1.807) is 17.7 Å². The van der Waals surface area contributed by atoms with Crippen molar-refractivity contribution in [3.63, 3.8) is 0 Å². The largest absolute Gasteiger partial charge is 0.468 e. The summed E-state index contributed by atoms with van der Waals surface area (Å²) in [5.41, 5.74) is -1.38. The molecule has 2 aromatic heterocycles. The van der Waals surface area contributed by atoms with Gasteiger partial charge in [-0.05, 0) is 26.2 Å². The summed E-state index contributed by atoms with van der Waals surface area (Å²) in [4.78, 5) is 20.0. The summed E-state index contributed by atoms with van der Waals surface area (Å²) in [5, 5.41) is 9.97. The zero-order chi connectivity index (χ0) is 21.4. The van der Waals surface area contributed by atoms with E-state index in [0.29, 0.717) is 17.9 Å². The maximum absolute atomic E-state index is 13.1. The quantitative estimate of drug-likeness (QED) is 0.671. The predicted molar refractivity (Wildman–Crippen MR) is 100 cm³/mol. The molecule has 2 heterocycles. The molecular weight excluding hydrogens is 389 g/mol. The summed E-state index contributed by atoms with van der Waals surface area (Å²) in [6.07, 6.45) is -1.52. The van der Waals surface area contributed by atoms with Gasteiger partial charge in [0, 0.05) is 19.3 Å². The summed E-state index contributed by atoms with van der Waals surface area (Å²) in [5.74, 6) is -0.240. The maximum atomic E-state index is 13.1. The van der Waals surface area contributed by atoms with Crippen LogP contribution in [0.4, 0.5) is 30.8 Å². The van der Waals surface area contributed by atoms with Crippen molar-refractivity contribution >= 4 is 23.6 Å². The number of hydrogen-bond acceptors (Lipinski definition) is 7. The van der Waals surface area contributed by atoms with Crippen molar-refractivity contribution in [2.45, 2.75) is 50.7 Å². The molecule has 0 aromatic carbocycles. The van der Waals surface area contributed by atoms with Gasteiger partial charge in [0.25, 0.3) is 0 Å². The number of aromatic nitrogens is 4. The van der Waals surface area contributed by atoms with Crippen molar-refractivity contribution in [2.75, 3.05) is 24.8 Å². The van der Waals surface area contributed by atoms with Gasteiger partial charge in [-0.3, -0.25) is 4.79 Å². The normalized spacial score (nSPS) is 16.2. The third-order valence-corrected chi connectivity index (χ3v) is 5.11. The number of methoxy groups -OCH3 is 1. The fourth-order valence-corrected chi connectivity index (χ4v) is 2.96. The molecule has 1 atom stereocenters. The lowest BCUT2D eigenvalue weighted by molar-refractivity contribution is -0.147. The third-order valence-electron chi connectivity index (χ3n) is 5.11. The molecule has 2 N–H and O–H groups in total. The Bertz CT molecular complexity index is 909. The molecule has 158 valence electrons. The summed E-state index contributed by atoms with van der Waals surface area (Å²) in [6, 6.07) is 1.85. The molecule has 1 aliphatic carbocycles. The van der Waals surface area contributed by atoms with Crippen molar-refractivity contribution in [1.82, 2.24) is 19.7 Å². The number of halogens is 3. The van der Waals surface area contributed by atoms with Gasteiger partial charge in [-0.1, -0.05) is 6.92 Å². The smallest absolute Gasteiger partial charge is 0.421 e. The van der Waals surface area contributed by atoms with Crippen LogP contribution < -0.4 is 10.6 Å². The van der Waals surface area contributed by atoms with Gasteiger partial charge in [0.15, 0.2) is 0 Å². The second-order valence-electron chi connectivity index (χ2n) is 7.10. The van der Waals surface area contributed by atoms with E-state index in [-0.39, 0.29) is 17.8 Å². The first-order valence-electron chi connectivity index (χ1n) is 9.21. The summed E-state index contributed by atoms with van der Waals surface area (Å²) in [6.45, 7) is 3.61. The Kier molecular flexibility index (Phi) is 5.42. The van der Waals surface area contributed by atoms with Crippen LogP contribution in [0.1, 0.15) is 50.4 Å². The van der Waals surface area contributed by atoms with E-state index in [9.17, 15) is 18.0 Å². The Hall–Kier alpha value is -2.85. The first-order chi connectivity index (χ1) is 13.6. The third kappa shape index (κ3) is 3.99. The lowest BCUT2D eigenvalue weighted by Crippen LogP contribution is -2.33. The highest BCUT2D eigenvalue weighted by Crippen LogP contribution is 2.40. The van der Waals surface area contributed by atoms with E-state index in [1.165, 1.54) is 14.2 Å². The molecule has 0 bridgehead atoms. The number of carbonyl (C=O) groups excluding carboxylic acids is 1. The molecule has 8 nitrogen and oxygen atoms in total. The van der Waals surface area contributed by atoms with Crippen LogP contribution in [0, 0.1) is 0 Å². The van der Waals surface area contributed by atoms with Gasteiger partial charge in [0.05, 0.1) is 18.8 Å². The number of anilines is 3. The standard InChI is InChI=1S/C18H23F3N6O2/c1-5-17(2,15(28)29-4)12-8-13(27(26-12)10-6-7-10)24-16-23-9-11(18(19,20)21)14(22-3)25-16/h8-10H,5-7H2,1-4H3,(H2,22,23,24,25). The van der Waals surface area contributed by atoms with Gasteiger partial charge in [-0.15, -0.1) is 0 Å². The van der Waals surface area contributed by atoms with Gasteiger partial charge in [0.1, 0.15) is 22.6 Å². The van der Waals surface area contributed by atoms with E-state index in [4.69, 9.17) is 4.74 Å². The van der Waals surface area contributed by atoms with Crippen LogP contribution >= 0.6 is 0 Å². The van der Waals surface area contributed by atoms with Crippen LogP contribution in [-0.2, 0) is 21.1 Å². The zero-order valence-corrected chi connectivity index (χ0v) is 16.6. The molecule has 11 heteroatoms. The molecule has 29 heavy (non-hydrogen) atoms. The molecule has 1 fully saturated rings. The van der Waals surface area contributed by atoms with Crippen LogP contribution in [0.15, 0.2) is 12.3 Å². The topological polar surface area (TPSA) is 94.0 Å². The van der Waals surface area contributed by atoms with Gasteiger partial charge in [-0.25, -0.2) is 9.67 Å². The first-order valence-corrected chi connectivity index (χ1v) is 9.21. The first kappa shape index (κ1) is 20.9. The summed E-state index contributed by atoms with van der Waals surface area (Å²) >= 11 is 0. The minimum absolute atomic E-state index is 0.00744.